The number of nitrogens with two attached hydrogens (primary N) is 1. The maximum atomic E-state index is 16.4. The second-order valence-corrected chi connectivity index (χ2v) is 8.78. The molecule has 34 heavy (non-hydrogen) atoms. The van der Waals surface area contributed by atoms with E-state index in [1.54, 1.807) is 47.1 Å². The molecule has 5 rings (SSSR count). The smallest absolute Gasteiger partial charge is 0.251 e. The Morgan fingerprint density at radius 2 is 1.94 bits per heavy atom. The van der Waals surface area contributed by atoms with Crippen molar-refractivity contribution in [1.82, 2.24) is 20.1 Å². The summed E-state index contributed by atoms with van der Waals surface area (Å²) in [7, 11) is 1.78. The third-order valence-electron chi connectivity index (χ3n) is 6.58. The predicted molar refractivity (Wildman–Crippen MR) is 131 cm³/mol. The summed E-state index contributed by atoms with van der Waals surface area (Å²) in [6.07, 6.45) is 2.58. The van der Waals surface area contributed by atoms with Gasteiger partial charge in [0.1, 0.15) is 11.6 Å². The fourth-order valence-corrected chi connectivity index (χ4v) is 4.95. The van der Waals surface area contributed by atoms with Crippen molar-refractivity contribution in [1.29, 1.82) is 0 Å². The second kappa shape index (κ2) is 8.78. The summed E-state index contributed by atoms with van der Waals surface area (Å²) in [5, 5.41) is 9.12. The molecule has 2 aromatic heterocycles. The number of nitrogen functional groups attached to an aromatic ring is 1. The Labute approximate surface area is 197 Å². The zero-order valence-corrected chi connectivity index (χ0v) is 19.1. The molecule has 1 aliphatic heterocycles. The van der Waals surface area contributed by atoms with Crippen LogP contribution in [0, 0.1) is 6.92 Å². The lowest BCUT2D eigenvalue weighted by atomic mass is 9.85. The summed E-state index contributed by atoms with van der Waals surface area (Å²) in [4.78, 5) is 19.3. The van der Waals surface area contributed by atoms with Crippen LogP contribution in [0.5, 0.6) is 0 Å². The Bertz CT molecular complexity index is 1330. The predicted octanol–water partition coefficient (Wildman–Crippen LogP) is 3.95. The van der Waals surface area contributed by atoms with Gasteiger partial charge < -0.3 is 16.0 Å². The monoisotopic (exact) mass is 458 g/mol. The van der Waals surface area contributed by atoms with Gasteiger partial charge in [-0.1, -0.05) is 36.4 Å². The van der Waals surface area contributed by atoms with E-state index >= 15 is 4.39 Å². The fraction of sp³-hybridized carbons (Fsp3) is 0.269. The highest BCUT2D eigenvalue weighted by Crippen LogP contribution is 2.39. The summed E-state index contributed by atoms with van der Waals surface area (Å²) < 4.78 is 18.0. The van der Waals surface area contributed by atoms with Gasteiger partial charge >= 0.3 is 0 Å². The number of hydrogen-bond acceptors (Lipinski definition) is 5. The number of benzene rings is 2. The molecule has 0 bridgehead atoms. The van der Waals surface area contributed by atoms with Crippen molar-refractivity contribution in [2.75, 3.05) is 17.2 Å². The van der Waals surface area contributed by atoms with Crippen LogP contribution in [-0.4, -0.2) is 39.6 Å². The number of carbonyl (C=O) groups is 1. The van der Waals surface area contributed by atoms with Crippen LogP contribution in [0.4, 0.5) is 16.0 Å². The van der Waals surface area contributed by atoms with Crippen molar-refractivity contribution >= 4 is 28.3 Å². The van der Waals surface area contributed by atoms with Crippen LogP contribution in [0.15, 0.2) is 67.0 Å². The molecule has 1 amide bonds. The fourth-order valence-electron chi connectivity index (χ4n) is 4.95. The van der Waals surface area contributed by atoms with E-state index in [0.717, 1.165) is 21.9 Å². The van der Waals surface area contributed by atoms with Crippen LogP contribution in [0.3, 0.4) is 0 Å². The average Bonchev–Trinajstić information content (AvgIpc) is 3.18. The zero-order valence-electron chi connectivity index (χ0n) is 19.1. The molecule has 2 unspecified atom stereocenters. The summed E-state index contributed by atoms with van der Waals surface area (Å²) in [5.74, 6) is 0.277. The minimum atomic E-state index is -1.51. The summed E-state index contributed by atoms with van der Waals surface area (Å²) >= 11 is 0. The second-order valence-electron chi connectivity index (χ2n) is 8.78. The first-order chi connectivity index (χ1) is 16.4. The molecule has 0 aliphatic carbocycles. The van der Waals surface area contributed by atoms with Crippen LogP contribution in [0.1, 0.15) is 33.8 Å². The number of hydrogen-bond donors (Lipinski definition) is 2. The van der Waals surface area contributed by atoms with Gasteiger partial charge in [0, 0.05) is 48.4 Å². The molecule has 3 atom stereocenters. The van der Waals surface area contributed by atoms with Crippen molar-refractivity contribution in [2.45, 2.75) is 31.6 Å². The van der Waals surface area contributed by atoms with E-state index < -0.39 is 12.3 Å². The van der Waals surface area contributed by atoms with Gasteiger partial charge in [0.25, 0.3) is 5.91 Å². The lowest BCUT2D eigenvalue weighted by Crippen LogP contribution is -2.57. The molecule has 1 fully saturated rings. The zero-order chi connectivity index (χ0) is 23.8. The Kier molecular flexibility index (Phi) is 5.65. The standard InChI is InChI=1S/C26H27FN6O/c1-16-7-6-10-17-11-13-29-25(21(16)17)33-14-12-19(20-15-32(2)31-24(20)28)22(23(33)27)30-26(34)18-8-4-3-5-9-18/h3-11,13,15,19,22-23H,12,14H2,1-2H3,(H2,28,31)(H,30,34)/t19?,22-,23?/m1/s1. The van der Waals surface area contributed by atoms with Gasteiger partial charge in [0.05, 0.1) is 6.04 Å². The van der Waals surface area contributed by atoms with Crippen LogP contribution in [-0.2, 0) is 7.05 Å². The first-order valence-electron chi connectivity index (χ1n) is 11.3. The van der Waals surface area contributed by atoms with E-state index in [0.29, 0.717) is 30.2 Å². The SMILES string of the molecule is Cc1cccc2ccnc(N3CCC(c4cn(C)nc4N)[C@@H](NC(=O)c4ccccc4)C3F)c12. The molecule has 174 valence electrons. The van der Waals surface area contributed by atoms with Gasteiger partial charge in [-0.2, -0.15) is 5.10 Å². The minimum absolute atomic E-state index is 0.329. The number of aromatic nitrogens is 3. The van der Waals surface area contributed by atoms with Gasteiger partial charge in [0.2, 0.25) is 0 Å². The number of rotatable bonds is 4. The number of carbonyl (C=O) groups excluding carboxylic acids is 1. The van der Waals surface area contributed by atoms with Gasteiger partial charge in [-0.3, -0.25) is 9.48 Å². The highest BCUT2D eigenvalue weighted by atomic mass is 19.1. The van der Waals surface area contributed by atoms with Gasteiger partial charge in [-0.15, -0.1) is 0 Å². The van der Waals surface area contributed by atoms with Crippen LogP contribution < -0.4 is 16.0 Å². The Morgan fingerprint density at radius 3 is 2.68 bits per heavy atom. The van der Waals surface area contributed by atoms with Gasteiger partial charge in [0.15, 0.2) is 6.30 Å². The van der Waals surface area contributed by atoms with E-state index in [4.69, 9.17) is 5.73 Å². The minimum Gasteiger partial charge on any atom is -0.382 e. The lowest BCUT2D eigenvalue weighted by Gasteiger charge is -2.42. The van der Waals surface area contributed by atoms with Crippen LogP contribution >= 0.6 is 0 Å². The number of alkyl halides is 1. The normalized spacial score (nSPS) is 20.4. The number of amides is 1. The first kappa shape index (κ1) is 21.9. The molecule has 0 spiro atoms. The lowest BCUT2D eigenvalue weighted by molar-refractivity contribution is 0.0874. The summed E-state index contributed by atoms with van der Waals surface area (Å²) in [6.45, 7) is 2.43. The number of fused-ring (bicyclic) bond motifs is 1. The third kappa shape index (κ3) is 3.85. The van der Waals surface area contributed by atoms with Crippen LogP contribution in [0.25, 0.3) is 10.8 Å². The van der Waals surface area contributed by atoms with E-state index in [9.17, 15) is 4.79 Å². The van der Waals surface area contributed by atoms with Gasteiger partial charge in [-0.05, 0) is 42.5 Å². The van der Waals surface area contributed by atoms with E-state index in [1.165, 1.54) is 0 Å². The third-order valence-corrected chi connectivity index (χ3v) is 6.58. The molecule has 1 saturated heterocycles. The number of piperidine rings is 1. The van der Waals surface area contributed by atoms with Crippen molar-refractivity contribution in [3.05, 3.63) is 83.7 Å². The Hall–Kier alpha value is -3.94. The summed E-state index contributed by atoms with van der Waals surface area (Å²) in [5.41, 5.74) is 8.41. The topological polar surface area (TPSA) is 89.1 Å². The highest BCUT2D eigenvalue weighted by molar-refractivity contribution is 5.96. The quantitative estimate of drug-likeness (QED) is 0.452. The molecule has 3 N–H and O–H groups in total. The molecular formula is C26H27FN6O. The summed E-state index contributed by atoms with van der Waals surface area (Å²) in [6, 6.07) is 15.9. The molecule has 4 aromatic rings. The Balaban J connectivity index is 1.55. The number of nitrogens with one attached hydrogen (secondary N) is 1. The van der Waals surface area contributed by atoms with E-state index in [1.807, 2.05) is 43.5 Å². The molecule has 1 aliphatic rings. The number of aryl methyl sites for hydroxylation is 2. The van der Waals surface area contributed by atoms with E-state index in [2.05, 4.69) is 15.4 Å². The molecular weight excluding hydrogens is 431 g/mol. The van der Waals surface area contributed by atoms with Crippen molar-refractivity contribution in [2.24, 2.45) is 7.05 Å². The number of pyridine rings is 1. The molecule has 8 heteroatoms. The van der Waals surface area contributed by atoms with Crippen molar-refractivity contribution in [3.63, 3.8) is 0 Å². The molecule has 2 aromatic carbocycles. The average molecular weight is 459 g/mol. The van der Waals surface area contributed by atoms with Crippen molar-refractivity contribution < 1.29 is 9.18 Å². The largest absolute Gasteiger partial charge is 0.382 e. The highest BCUT2D eigenvalue weighted by Gasteiger charge is 2.42. The first-order valence-corrected chi connectivity index (χ1v) is 11.3. The van der Waals surface area contributed by atoms with Gasteiger partial charge in [-0.25, -0.2) is 9.37 Å². The number of nitrogens with zero attached hydrogens (tertiary/aromatic N) is 4. The number of halogens is 1. The molecule has 7 nitrogen and oxygen atoms in total. The maximum Gasteiger partial charge on any atom is 0.251 e. The van der Waals surface area contributed by atoms with E-state index in [-0.39, 0.29) is 11.8 Å². The maximum absolute atomic E-state index is 16.4. The Morgan fingerprint density at radius 1 is 1.15 bits per heavy atom. The molecule has 3 heterocycles. The van der Waals surface area contributed by atoms with Crippen molar-refractivity contribution in [3.8, 4) is 0 Å². The molecule has 0 radical (unpaired) electrons. The molecule has 0 saturated carbocycles. The number of anilines is 2. The van der Waals surface area contributed by atoms with Crippen LogP contribution in [0.2, 0.25) is 0 Å².